The minimum absolute atomic E-state index is 0.0130. The third-order valence-corrected chi connectivity index (χ3v) is 7.56. The maximum Gasteiger partial charge on any atom is 0.274 e. The zero-order valence-corrected chi connectivity index (χ0v) is 24.1. The van der Waals surface area contributed by atoms with Crippen LogP contribution in [-0.4, -0.2) is 41.0 Å². The average Bonchev–Trinajstić information content (AvgIpc) is 3.33. The van der Waals surface area contributed by atoms with Gasteiger partial charge in [-0.05, 0) is 68.8 Å². The molecule has 208 valence electrons. The van der Waals surface area contributed by atoms with Crippen LogP contribution in [0.15, 0.2) is 71.8 Å². The summed E-state index contributed by atoms with van der Waals surface area (Å²) < 4.78 is 29.2. The zero-order valence-electron chi connectivity index (χ0n) is 21.8. The normalized spacial score (nSPS) is 11.4. The Morgan fingerprint density at radius 1 is 1.00 bits per heavy atom. The van der Waals surface area contributed by atoms with Crippen molar-refractivity contribution in [1.29, 1.82) is 0 Å². The number of anilines is 1. The van der Waals surface area contributed by atoms with Crippen molar-refractivity contribution in [3.8, 4) is 5.82 Å². The molecule has 0 fully saturated rings. The number of carbonyl (C=O) groups is 2. The Kier molecular flexibility index (Phi) is 8.89. The topological polar surface area (TPSA) is 135 Å². The Bertz CT molecular complexity index is 1670. The summed E-state index contributed by atoms with van der Waals surface area (Å²) in [5, 5.41) is 10.6. The number of hydrogen-bond donors (Lipinski definition) is 3. The first-order chi connectivity index (χ1) is 19.0. The number of aryl methyl sites for hydroxylation is 1. The molecule has 2 aromatic heterocycles. The van der Waals surface area contributed by atoms with Gasteiger partial charge in [0.25, 0.3) is 11.8 Å². The van der Waals surface area contributed by atoms with Crippen molar-refractivity contribution in [2.24, 2.45) is 0 Å². The molecule has 0 spiro atoms. The Hall–Kier alpha value is -3.77. The SMILES string of the molecule is Cc1cc(Cl)cc(C(=O)NC(C)C)c1NC(=O)c1cc(CNS(=O)(=O)c2ccccc2)nn1-c1ncccc1Cl. The van der Waals surface area contributed by atoms with Gasteiger partial charge in [0.05, 0.1) is 33.4 Å². The van der Waals surface area contributed by atoms with Crippen molar-refractivity contribution in [1.82, 2.24) is 24.8 Å². The van der Waals surface area contributed by atoms with Crippen LogP contribution in [0.2, 0.25) is 10.0 Å². The monoisotopic (exact) mass is 600 g/mol. The lowest BCUT2D eigenvalue weighted by Gasteiger charge is -2.16. The molecule has 13 heteroatoms. The van der Waals surface area contributed by atoms with E-state index in [9.17, 15) is 18.0 Å². The Morgan fingerprint density at radius 3 is 2.40 bits per heavy atom. The van der Waals surface area contributed by atoms with Crippen LogP contribution >= 0.6 is 23.2 Å². The van der Waals surface area contributed by atoms with E-state index < -0.39 is 21.8 Å². The van der Waals surface area contributed by atoms with Gasteiger partial charge in [-0.15, -0.1) is 0 Å². The maximum atomic E-state index is 13.6. The highest BCUT2D eigenvalue weighted by atomic mass is 35.5. The zero-order chi connectivity index (χ0) is 29.0. The van der Waals surface area contributed by atoms with E-state index >= 15 is 0 Å². The summed E-state index contributed by atoms with van der Waals surface area (Å²) in [6, 6.07) is 15.5. The summed E-state index contributed by atoms with van der Waals surface area (Å²) in [6.07, 6.45) is 1.49. The van der Waals surface area contributed by atoms with E-state index in [4.69, 9.17) is 23.2 Å². The van der Waals surface area contributed by atoms with Gasteiger partial charge >= 0.3 is 0 Å². The molecule has 0 unspecified atom stereocenters. The van der Waals surface area contributed by atoms with Crippen molar-refractivity contribution >= 4 is 50.7 Å². The van der Waals surface area contributed by atoms with Crippen molar-refractivity contribution < 1.29 is 18.0 Å². The van der Waals surface area contributed by atoms with Crippen LogP contribution in [0.4, 0.5) is 5.69 Å². The van der Waals surface area contributed by atoms with Crippen LogP contribution in [0.3, 0.4) is 0 Å². The van der Waals surface area contributed by atoms with Crippen LogP contribution in [-0.2, 0) is 16.6 Å². The van der Waals surface area contributed by atoms with E-state index in [2.05, 4.69) is 25.4 Å². The number of sulfonamides is 1. The number of carbonyl (C=O) groups excluding carboxylic acids is 2. The van der Waals surface area contributed by atoms with Gasteiger partial charge in [0, 0.05) is 17.3 Å². The van der Waals surface area contributed by atoms with E-state index in [1.165, 1.54) is 35.1 Å². The number of benzene rings is 2. The van der Waals surface area contributed by atoms with E-state index in [0.29, 0.717) is 10.6 Å². The smallest absolute Gasteiger partial charge is 0.274 e. The molecule has 2 amide bonds. The van der Waals surface area contributed by atoms with Gasteiger partial charge in [-0.25, -0.2) is 22.8 Å². The number of pyridine rings is 1. The summed E-state index contributed by atoms with van der Waals surface area (Å²) in [7, 11) is -3.84. The molecule has 0 aliphatic carbocycles. The van der Waals surface area contributed by atoms with Gasteiger partial charge in [-0.3, -0.25) is 9.59 Å². The van der Waals surface area contributed by atoms with E-state index in [1.807, 2.05) is 13.8 Å². The number of hydrogen-bond acceptors (Lipinski definition) is 6. The molecule has 2 heterocycles. The molecule has 4 aromatic rings. The molecular weight excluding hydrogens is 575 g/mol. The average molecular weight is 602 g/mol. The quantitative estimate of drug-likeness (QED) is 0.254. The second-order valence-electron chi connectivity index (χ2n) is 9.11. The molecule has 4 rings (SSSR count). The van der Waals surface area contributed by atoms with Gasteiger partial charge in [0.2, 0.25) is 10.0 Å². The lowest BCUT2D eigenvalue weighted by Crippen LogP contribution is -2.31. The van der Waals surface area contributed by atoms with Crippen LogP contribution < -0.4 is 15.4 Å². The third kappa shape index (κ3) is 6.68. The molecule has 0 saturated heterocycles. The van der Waals surface area contributed by atoms with Crippen LogP contribution in [0.25, 0.3) is 5.82 Å². The fraction of sp³-hybridized carbons (Fsp3) is 0.185. The maximum absolute atomic E-state index is 13.6. The Balaban J connectivity index is 1.71. The van der Waals surface area contributed by atoms with E-state index in [0.717, 1.165) is 0 Å². The van der Waals surface area contributed by atoms with Gasteiger partial charge < -0.3 is 10.6 Å². The van der Waals surface area contributed by atoms with Crippen LogP contribution in [0.5, 0.6) is 0 Å². The minimum atomic E-state index is -3.84. The first kappa shape index (κ1) is 29.2. The molecule has 0 saturated carbocycles. The van der Waals surface area contributed by atoms with Crippen molar-refractivity contribution in [2.45, 2.75) is 38.3 Å². The highest BCUT2D eigenvalue weighted by Gasteiger charge is 2.24. The molecule has 0 aliphatic rings. The predicted octanol–water partition coefficient (Wildman–Crippen LogP) is 4.75. The molecule has 0 radical (unpaired) electrons. The molecule has 0 atom stereocenters. The van der Waals surface area contributed by atoms with Gasteiger partial charge in [0.15, 0.2) is 5.82 Å². The van der Waals surface area contributed by atoms with Crippen molar-refractivity contribution in [3.63, 3.8) is 0 Å². The van der Waals surface area contributed by atoms with E-state index in [-0.39, 0.29) is 51.0 Å². The minimum Gasteiger partial charge on any atom is -0.350 e. The first-order valence-corrected chi connectivity index (χ1v) is 14.4. The molecule has 0 bridgehead atoms. The Morgan fingerprint density at radius 2 is 1.73 bits per heavy atom. The lowest BCUT2D eigenvalue weighted by molar-refractivity contribution is 0.0944. The van der Waals surface area contributed by atoms with E-state index in [1.54, 1.807) is 43.3 Å². The Labute approximate surface area is 241 Å². The summed E-state index contributed by atoms with van der Waals surface area (Å²) in [6.45, 7) is 5.13. The number of halogens is 2. The fourth-order valence-corrected chi connectivity index (χ4v) is 5.32. The second kappa shape index (κ2) is 12.2. The standard InChI is InChI=1S/C27H26Cl2N6O4S/c1-16(2)32-26(36)21-13-18(28)12-17(3)24(21)33-27(37)23-14-19(34-35(23)25-22(29)10-7-11-30-25)15-31-40(38,39)20-8-5-4-6-9-20/h4-14,16,31H,15H2,1-3H3,(H,32,36)(H,33,37). The predicted molar refractivity (Wildman–Crippen MR) is 154 cm³/mol. The van der Waals surface area contributed by atoms with Crippen LogP contribution in [0, 0.1) is 6.92 Å². The van der Waals surface area contributed by atoms with Gasteiger partial charge in [-0.2, -0.15) is 5.10 Å². The largest absolute Gasteiger partial charge is 0.350 e. The number of aromatic nitrogens is 3. The summed E-state index contributed by atoms with van der Waals surface area (Å²) in [5.41, 5.74) is 1.26. The van der Waals surface area contributed by atoms with Crippen molar-refractivity contribution in [2.75, 3.05) is 5.32 Å². The number of rotatable bonds is 9. The van der Waals surface area contributed by atoms with Gasteiger partial charge in [0.1, 0.15) is 5.69 Å². The second-order valence-corrected chi connectivity index (χ2v) is 11.7. The highest BCUT2D eigenvalue weighted by molar-refractivity contribution is 7.89. The molecule has 3 N–H and O–H groups in total. The molecular formula is C27H26Cl2N6O4S. The number of amides is 2. The summed E-state index contributed by atoms with van der Waals surface area (Å²) in [4.78, 5) is 30.9. The lowest BCUT2D eigenvalue weighted by atomic mass is 10.1. The molecule has 2 aromatic carbocycles. The first-order valence-electron chi connectivity index (χ1n) is 12.1. The molecule has 10 nitrogen and oxygen atoms in total. The summed E-state index contributed by atoms with van der Waals surface area (Å²) >= 11 is 12.6. The van der Waals surface area contributed by atoms with Crippen LogP contribution in [0.1, 0.15) is 46.0 Å². The number of nitrogens with zero attached hydrogens (tertiary/aromatic N) is 3. The fourth-order valence-electron chi connectivity index (χ4n) is 3.83. The number of nitrogens with one attached hydrogen (secondary N) is 3. The highest BCUT2D eigenvalue weighted by Crippen LogP contribution is 2.27. The summed E-state index contributed by atoms with van der Waals surface area (Å²) in [5.74, 6) is -0.874. The van der Waals surface area contributed by atoms with Gasteiger partial charge in [-0.1, -0.05) is 41.4 Å². The molecule has 40 heavy (non-hydrogen) atoms. The third-order valence-electron chi connectivity index (χ3n) is 5.63. The van der Waals surface area contributed by atoms with Crippen molar-refractivity contribution in [3.05, 3.63) is 99.4 Å². The molecule has 0 aliphatic heterocycles.